The minimum atomic E-state index is -0.683. The molecule has 0 spiro atoms. The number of esters is 2. The first kappa shape index (κ1) is 18.8. The molecular formula is C15H22N2O5S. The van der Waals surface area contributed by atoms with Crippen LogP contribution >= 0.6 is 11.3 Å². The highest BCUT2D eigenvalue weighted by atomic mass is 32.1. The number of ether oxygens (including phenoxy) is 2. The lowest BCUT2D eigenvalue weighted by molar-refractivity contribution is -0.142. The summed E-state index contributed by atoms with van der Waals surface area (Å²) < 4.78 is 9.65. The number of nitrogens with zero attached hydrogens (tertiary/aromatic N) is 1. The van der Waals surface area contributed by atoms with Crippen LogP contribution in [0.3, 0.4) is 0 Å². The van der Waals surface area contributed by atoms with Gasteiger partial charge < -0.3 is 14.5 Å². The molecule has 2 aromatic heterocycles. The summed E-state index contributed by atoms with van der Waals surface area (Å²) in [7, 11) is 0. The van der Waals surface area contributed by atoms with Crippen LogP contribution in [0.1, 0.15) is 45.3 Å². The fourth-order valence-corrected chi connectivity index (χ4v) is 2.74. The van der Waals surface area contributed by atoms with E-state index in [-0.39, 0.29) is 26.9 Å². The Morgan fingerprint density at radius 1 is 1.26 bits per heavy atom. The summed E-state index contributed by atoms with van der Waals surface area (Å²) in [6.45, 7) is 7.85. The van der Waals surface area contributed by atoms with Crippen molar-refractivity contribution in [2.24, 2.45) is 0 Å². The molecule has 0 bridgehead atoms. The highest BCUT2D eigenvalue weighted by Crippen LogP contribution is 2.21. The van der Waals surface area contributed by atoms with Crippen LogP contribution in [0, 0.1) is 0 Å². The van der Waals surface area contributed by atoms with Crippen LogP contribution in [0.4, 0.5) is 0 Å². The van der Waals surface area contributed by atoms with E-state index in [9.17, 15) is 14.4 Å². The number of hydrogen-bond acceptors (Lipinski definition) is 7. The maximum absolute atomic E-state index is 12.1. The quantitative estimate of drug-likeness (QED) is 0.839. The Balaban J connectivity index is 0.00000170. The topological polar surface area (TPSA) is 98.3 Å². The van der Waals surface area contributed by atoms with E-state index in [1.807, 2.05) is 13.8 Å². The second-order valence-corrected chi connectivity index (χ2v) is 4.92. The number of H-pyrrole nitrogens is 1. The second-order valence-electron chi connectivity index (χ2n) is 4.06. The number of nitrogens with one attached hydrogen (secondary N) is 1. The van der Waals surface area contributed by atoms with E-state index in [2.05, 4.69) is 9.97 Å². The molecule has 0 saturated heterocycles. The number of aromatic amines is 1. The van der Waals surface area contributed by atoms with E-state index in [1.165, 1.54) is 11.3 Å². The first-order valence-electron chi connectivity index (χ1n) is 7.40. The van der Waals surface area contributed by atoms with E-state index in [0.717, 1.165) is 0 Å². The van der Waals surface area contributed by atoms with Crippen LogP contribution in [0.15, 0.2) is 10.2 Å². The van der Waals surface area contributed by atoms with Crippen molar-refractivity contribution in [1.29, 1.82) is 0 Å². The van der Waals surface area contributed by atoms with Gasteiger partial charge in [0.1, 0.15) is 4.83 Å². The Morgan fingerprint density at radius 2 is 1.91 bits per heavy atom. The van der Waals surface area contributed by atoms with Crippen LogP contribution in [0.5, 0.6) is 0 Å². The summed E-state index contributed by atoms with van der Waals surface area (Å²) in [5.41, 5.74) is 0.0706. The first-order chi connectivity index (χ1) is 11.1. The number of fused-ring (bicyclic) bond motifs is 1. The molecule has 0 amide bonds. The van der Waals surface area contributed by atoms with Crippen LogP contribution in [0.25, 0.3) is 10.2 Å². The van der Waals surface area contributed by atoms with Gasteiger partial charge in [-0.1, -0.05) is 13.8 Å². The molecule has 2 aromatic rings. The van der Waals surface area contributed by atoms with E-state index in [0.29, 0.717) is 15.8 Å². The highest BCUT2D eigenvalue weighted by Gasteiger charge is 2.17. The molecule has 1 N–H and O–H groups in total. The van der Waals surface area contributed by atoms with Gasteiger partial charge in [-0.25, -0.2) is 9.78 Å². The highest BCUT2D eigenvalue weighted by molar-refractivity contribution is 7.16. The predicted octanol–water partition coefficient (Wildman–Crippen LogP) is 2.54. The van der Waals surface area contributed by atoms with Crippen molar-refractivity contribution in [3.63, 3.8) is 0 Å². The number of rotatable bonds is 5. The van der Waals surface area contributed by atoms with E-state index in [1.54, 1.807) is 19.2 Å². The Labute approximate surface area is 139 Å². The van der Waals surface area contributed by atoms with Crippen molar-refractivity contribution in [3.05, 3.63) is 27.1 Å². The zero-order chi connectivity index (χ0) is 17.4. The summed E-state index contributed by atoms with van der Waals surface area (Å²) >= 11 is 1.19. The van der Waals surface area contributed by atoms with E-state index >= 15 is 0 Å². The summed E-state index contributed by atoms with van der Waals surface area (Å²) in [5, 5.41) is 1.97. The summed E-state index contributed by atoms with van der Waals surface area (Å²) in [5.74, 6) is -1.23. The average Bonchev–Trinajstić information content (AvgIpc) is 2.93. The van der Waals surface area contributed by atoms with Crippen LogP contribution in [-0.2, 0) is 20.7 Å². The van der Waals surface area contributed by atoms with Gasteiger partial charge >= 0.3 is 11.9 Å². The van der Waals surface area contributed by atoms with Crippen LogP contribution in [-0.4, -0.2) is 35.1 Å². The molecular weight excluding hydrogens is 320 g/mol. The fourth-order valence-electron chi connectivity index (χ4n) is 1.80. The molecule has 8 heteroatoms. The molecule has 23 heavy (non-hydrogen) atoms. The molecule has 0 aliphatic carbocycles. The van der Waals surface area contributed by atoms with Crippen molar-refractivity contribution in [2.45, 2.75) is 34.1 Å². The molecule has 0 fully saturated rings. The lowest BCUT2D eigenvalue weighted by Gasteiger charge is -2.02. The Hall–Kier alpha value is -2.22. The molecule has 0 saturated carbocycles. The van der Waals surface area contributed by atoms with Gasteiger partial charge in [-0.15, -0.1) is 11.3 Å². The lowest BCUT2D eigenvalue weighted by Crippen LogP contribution is -2.18. The molecule has 0 aliphatic rings. The number of carbonyl (C=O) groups excluding carboxylic acids is 2. The Morgan fingerprint density at radius 3 is 2.52 bits per heavy atom. The molecule has 7 nitrogen and oxygen atoms in total. The van der Waals surface area contributed by atoms with Crippen LogP contribution in [0.2, 0.25) is 0 Å². The van der Waals surface area contributed by atoms with Gasteiger partial charge in [0.2, 0.25) is 5.82 Å². The zero-order valence-electron chi connectivity index (χ0n) is 13.6. The SMILES string of the molecule is CC.CCOC(=O)Cc1csc2nc(C(=O)OCC)[nH]c(=O)c12.[HH]. The second kappa shape index (κ2) is 9.04. The molecule has 0 atom stereocenters. The van der Waals surface area contributed by atoms with Gasteiger partial charge in [-0.05, 0) is 24.8 Å². The summed E-state index contributed by atoms with van der Waals surface area (Å²) in [4.78, 5) is 42.0. The van der Waals surface area contributed by atoms with Crippen molar-refractivity contribution >= 4 is 33.5 Å². The normalized spacial score (nSPS) is 9.91. The van der Waals surface area contributed by atoms with Crippen molar-refractivity contribution < 1.29 is 20.5 Å². The predicted molar refractivity (Wildman–Crippen MR) is 90.0 cm³/mol. The van der Waals surface area contributed by atoms with Gasteiger partial charge in [0, 0.05) is 1.43 Å². The van der Waals surface area contributed by atoms with Gasteiger partial charge in [-0.2, -0.15) is 0 Å². The maximum Gasteiger partial charge on any atom is 0.374 e. The zero-order valence-corrected chi connectivity index (χ0v) is 14.4. The van der Waals surface area contributed by atoms with Crippen molar-refractivity contribution in [2.75, 3.05) is 13.2 Å². The summed E-state index contributed by atoms with van der Waals surface area (Å²) in [6.07, 6.45) is -0.00263. The Kier molecular flexibility index (Phi) is 7.40. The lowest BCUT2D eigenvalue weighted by atomic mass is 10.2. The maximum atomic E-state index is 12.1. The van der Waals surface area contributed by atoms with Crippen molar-refractivity contribution in [1.82, 2.24) is 9.97 Å². The molecule has 2 rings (SSSR count). The average molecular weight is 342 g/mol. The molecule has 2 heterocycles. The van der Waals surface area contributed by atoms with E-state index in [4.69, 9.17) is 9.47 Å². The monoisotopic (exact) mass is 342 g/mol. The van der Waals surface area contributed by atoms with Gasteiger partial charge in [0.05, 0.1) is 25.0 Å². The molecule has 0 radical (unpaired) electrons. The standard InChI is InChI=1S/C13H14N2O5S.C2H6.H2/c1-3-19-8(16)5-7-6-21-12-9(7)11(17)14-10(15-12)13(18)20-4-2;1-2;/h6H,3-5H2,1-2H3,(H,14,15,17);1-2H3;1H. The smallest absolute Gasteiger partial charge is 0.374 e. The third kappa shape index (κ3) is 4.62. The van der Waals surface area contributed by atoms with E-state index < -0.39 is 17.5 Å². The molecule has 0 aliphatic heterocycles. The Bertz CT molecular complexity index is 741. The third-order valence-corrected chi connectivity index (χ3v) is 3.55. The van der Waals surface area contributed by atoms with Crippen LogP contribution < -0.4 is 5.56 Å². The minimum absolute atomic E-state index is 0. The first-order valence-corrected chi connectivity index (χ1v) is 8.27. The number of aromatic nitrogens is 2. The van der Waals surface area contributed by atoms with Gasteiger partial charge in [-0.3, -0.25) is 9.59 Å². The molecule has 128 valence electrons. The number of hydrogen-bond donors (Lipinski definition) is 1. The largest absolute Gasteiger partial charge is 0.466 e. The van der Waals surface area contributed by atoms with Crippen molar-refractivity contribution in [3.8, 4) is 0 Å². The molecule has 0 unspecified atom stereocenters. The number of carbonyl (C=O) groups is 2. The summed E-state index contributed by atoms with van der Waals surface area (Å²) in [6, 6.07) is 0. The van der Waals surface area contributed by atoms with Gasteiger partial charge in [0.15, 0.2) is 0 Å². The fraction of sp³-hybridized carbons (Fsp3) is 0.467. The van der Waals surface area contributed by atoms with Gasteiger partial charge in [0.25, 0.3) is 5.56 Å². The number of thiophene rings is 1. The molecule has 0 aromatic carbocycles. The third-order valence-electron chi connectivity index (χ3n) is 2.63. The minimum Gasteiger partial charge on any atom is -0.466 e.